The van der Waals surface area contributed by atoms with E-state index in [-0.39, 0.29) is 0 Å². The molecule has 0 bridgehead atoms. The lowest BCUT2D eigenvalue weighted by atomic mass is 9.94. The first-order chi connectivity index (χ1) is 25.7. The Bertz CT molecular complexity index is 2950. The summed E-state index contributed by atoms with van der Waals surface area (Å²) in [5.41, 5.74) is 13.9. The summed E-state index contributed by atoms with van der Waals surface area (Å²) in [5, 5.41) is 4.95. The van der Waals surface area contributed by atoms with Gasteiger partial charge in [0, 0.05) is 43.9 Å². The van der Waals surface area contributed by atoms with Gasteiger partial charge in [-0.1, -0.05) is 121 Å². The van der Waals surface area contributed by atoms with Crippen LogP contribution in [0.5, 0.6) is 11.5 Å². The van der Waals surface area contributed by atoms with Gasteiger partial charge in [-0.25, -0.2) is 0 Å². The number of fused-ring (bicyclic) bond motifs is 6. The fraction of sp³-hybridized carbons (Fsp3) is 0.0204. The van der Waals surface area contributed by atoms with Crippen molar-refractivity contribution in [2.75, 3.05) is 0 Å². The average Bonchev–Trinajstić information content (AvgIpc) is 3.75. The van der Waals surface area contributed by atoms with Gasteiger partial charge < -0.3 is 14.3 Å². The molecule has 8 aromatic carbocycles. The molecule has 2 aromatic heterocycles. The maximum absolute atomic E-state index is 6.74. The molecule has 246 valence electrons. The van der Waals surface area contributed by atoms with Crippen molar-refractivity contribution in [2.45, 2.75) is 6.92 Å². The molecule has 10 aromatic rings. The molecule has 0 atom stereocenters. The molecule has 10 rings (SSSR count). The molecule has 1 N–H and O–H groups in total. The summed E-state index contributed by atoms with van der Waals surface area (Å²) in [7, 11) is 0. The number of hydrogen-bond donors (Lipinski definition) is 1. The molecule has 0 fully saturated rings. The number of rotatable bonds is 6. The Kier molecular flexibility index (Phi) is 7.04. The van der Waals surface area contributed by atoms with E-state index in [1.165, 1.54) is 49.3 Å². The molecule has 0 aliphatic rings. The summed E-state index contributed by atoms with van der Waals surface area (Å²) in [6, 6.07) is 64.6. The Morgan fingerprint density at radius 2 is 1.13 bits per heavy atom. The standard InChI is InChI=1S/C49H34N2O/c1-32-25-26-33(34-27-28-47-44(31-34)40-18-6-9-23-46(40)51(47)36-14-3-2-4-15-36)30-43(32)41-19-7-10-24-48(41)52-37-16-11-13-35(29-37)38-20-12-21-42-39-17-5-8-22-45(39)50-49(38)42/h2-31,50H,1H3. The quantitative estimate of drug-likeness (QED) is 0.188. The summed E-state index contributed by atoms with van der Waals surface area (Å²) in [6.45, 7) is 2.17. The number of nitrogens with one attached hydrogen (secondary N) is 1. The topological polar surface area (TPSA) is 29.9 Å². The monoisotopic (exact) mass is 666 g/mol. The zero-order chi connectivity index (χ0) is 34.6. The maximum atomic E-state index is 6.74. The number of para-hydroxylation sites is 5. The first-order valence-electron chi connectivity index (χ1n) is 17.8. The molecule has 3 heteroatoms. The van der Waals surface area contributed by atoms with Gasteiger partial charge in [-0.05, 0) is 95.4 Å². The van der Waals surface area contributed by atoms with E-state index < -0.39 is 0 Å². The van der Waals surface area contributed by atoms with Gasteiger partial charge in [-0.3, -0.25) is 0 Å². The van der Waals surface area contributed by atoms with Gasteiger partial charge >= 0.3 is 0 Å². The molecular formula is C49H34N2O. The lowest BCUT2D eigenvalue weighted by Crippen LogP contribution is -1.93. The molecule has 0 spiro atoms. The van der Waals surface area contributed by atoms with Crippen LogP contribution in [0.4, 0.5) is 0 Å². The van der Waals surface area contributed by atoms with Gasteiger partial charge in [0.2, 0.25) is 0 Å². The maximum Gasteiger partial charge on any atom is 0.135 e. The van der Waals surface area contributed by atoms with Gasteiger partial charge in [0.15, 0.2) is 0 Å². The van der Waals surface area contributed by atoms with E-state index in [1.54, 1.807) is 0 Å². The highest BCUT2D eigenvalue weighted by Gasteiger charge is 2.16. The van der Waals surface area contributed by atoms with Gasteiger partial charge in [0.05, 0.1) is 16.6 Å². The largest absolute Gasteiger partial charge is 0.457 e. The third-order valence-electron chi connectivity index (χ3n) is 10.3. The van der Waals surface area contributed by atoms with Crippen LogP contribution in [0.25, 0.3) is 82.7 Å². The summed E-state index contributed by atoms with van der Waals surface area (Å²) in [4.78, 5) is 3.65. The van der Waals surface area contributed by atoms with E-state index in [1.807, 2.05) is 12.1 Å². The number of hydrogen-bond acceptors (Lipinski definition) is 1. The van der Waals surface area contributed by atoms with Crippen LogP contribution in [-0.2, 0) is 0 Å². The zero-order valence-electron chi connectivity index (χ0n) is 28.7. The molecule has 3 nitrogen and oxygen atoms in total. The highest BCUT2D eigenvalue weighted by molar-refractivity contribution is 6.12. The van der Waals surface area contributed by atoms with E-state index in [9.17, 15) is 0 Å². The van der Waals surface area contributed by atoms with E-state index in [0.717, 1.165) is 50.5 Å². The minimum atomic E-state index is 0.798. The lowest BCUT2D eigenvalue weighted by molar-refractivity contribution is 0.484. The molecule has 52 heavy (non-hydrogen) atoms. The first-order valence-corrected chi connectivity index (χ1v) is 17.8. The van der Waals surface area contributed by atoms with E-state index in [4.69, 9.17) is 4.74 Å². The first kappa shape index (κ1) is 30.0. The van der Waals surface area contributed by atoms with Crippen LogP contribution in [0, 0.1) is 6.92 Å². The van der Waals surface area contributed by atoms with Crippen LogP contribution >= 0.6 is 0 Å². The summed E-state index contributed by atoms with van der Waals surface area (Å²) in [6.07, 6.45) is 0. The molecule has 0 radical (unpaired) electrons. The van der Waals surface area contributed by atoms with Crippen molar-refractivity contribution in [1.29, 1.82) is 0 Å². The van der Waals surface area contributed by atoms with Gasteiger partial charge in [-0.15, -0.1) is 0 Å². The predicted octanol–water partition coefficient (Wildman–Crippen LogP) is 13.5. The fourth-order valence-corrected chi connectivity index (χ4v) is 7.85. The second-order valence-corrected chi connectivity index (χ2v) is 13.5. The molecule has 0 unspecified atom stereocenters. The zero-order valence-corrected chi connectivity index (χ0v) is 28.7. The Hall–Kier alpha value is -6.84. The smallest absolute Gasteiger partial charge is 0.135 e. The molecule has 0 aliphatic heterocycles. The molecule has 0 amide bonds. The second-order valence-electron chi connectivity index (χ2n) is 13.5. The second kappa shape index (κ2) is 12.2. The van der Waals surface area contributed by atoms with Crippen LogP contribution in [-0.4, -0.2) is 9.55 Å². The fourth-order valence-electron chi connectivity index (χ4n) is 7.85. The Morgan fingerprint density at radius 1 is 0.442 bits per heavy atom. The van der Waals surface area contributed by atoms with Gasteiger partial charge in [-0.2, -0.15) is 0 Å². The Labute approximate surface area is 302 Å². The van der Waals surface area contributed by atoms with E-state index in [0.29, 0.717) is 0 Å². The average molecular weight is 667 g/mol. The number of aromatic amines is 1. The van der Waals surface area contributed by atoms with Crippen molar-refractivity contribution < 1.29 is 4.74 Å². The highest BCUT2D eigenvalue weighted by atomic mass is 16.5. The number of H-pyrrole nitrogens is 1. The molecule has 0 saturated carbocycles. The number of ether oxygens (including phenoxy) is 1. The summed E-state index contributed by atoms with van der Waals surface area (Å²) >= 11 is 0. The minimum Gasteiger partial charge on any atom is -0.457 e. The van der Waals surface area contributed by atoms with Crippen molar-refractivity contribution in [1.82, 2.24) is 9.55 Å². The number of benzene rings is 8. The van der Waals surface area contributed by atoms with Gasteiger partial charge in [0.25, 0.3) is 0 Å². The molecule has 0 aliphatic carbocycles. The Balaban J connectivity index is 1.03. The van der Waals surface area contributed by atoms with Crippen LogP contribution in [0.1, 0.15) is 5.56 Å². The molecule has 0 saturated heterocycles. The third kappa shape index (κ3) is 4.98. The third-order valence-corrected chi connectivity index (χ3v) is 10.3. The SMILES string of the molecule is Cc1ccc(-c2ccc3c(c2)c2ccccc2n3-c2ccccc2)cc1-c1ccccc1Oc1cccc(-c2cccc3c2[nH]c2ccccc23)c1. The predicted molar refractivity (Wildman–Crippen MR) is 218 cm³/mol. The lowest BCUT2D eigenvalue weighted by Gasteiger charge is -2.15. The highest BCUT2D eigenvalue weighted by Crippen LogP contribution is 2.40. The van der Waals surface area contributed by atoms with Crippen molar-refractivity contribution in [3.8, 4) is 50.6 Å². The molecule has 2 heterocycles. The van der Waals surface area contributed by atoms with Crippen LogP contribution < -0.4 is 4.74 Å². The normalized spacial score (nSPS) is 11.6. The van der Waals surface area contributed by atoms with Crippen molar-refractivity contribution >= 4 is 43.6 Å². The van der Waals surface area contributed by atoms with Crippen molar-refractivity contribution in [2.24, 2.45) is 0 Å². The number of aromatic nitrogens is 2. The van der Waals surface area contributed by atoms with Crippen molar-refractivity contribution in [3.63, 3.8) is 0 Å². The van der Waals surface area contributed by atoms with E-state index >= 15 is 0 Å². The van der Waals surface area contributed by atoms with Crippen molar-refractivity contribution in [3.05, 3.63) is 188 Å². The van der Waals surface area contributed by atoms with Crippen LogP contribution in [0.15, 0.2) is 182 Å². The van der Waals surface area contributed by atoms with Crippen LogP contribution in [0.3, 0.4) is 0 Å². The Morgan fingerprint density at radius 3 is 2.06 bits per heavy atom. The number of aryl methyl sites for hydroxylation is 1. The van der Waals surface area contributed by atoms with E-state index in [2.05, 4.69) is 186 Å². The summed E-state index contributed by atoms with van der Waals surface area (Å²) < 4.78 is 9.09. The molecular weight excluding hydrogens is 633 g/mol. The minimum absolute atomic E-state index is 0.798. The summed E-state index contributed by atoms with van der Waals surface area (Å²) in [5.74, 6) is 1.62. The van der Waals surface area contributed by atoms with Gasteiger partial charge in [0.1, 0.15) is 11.5 Å². The van der Waals surface area contributed by atoms with Crippen LogP contribution in [0.2, 0.25) is 0 Å². The number of nitrogens with zero attached hydrogens (tertiary/aromatic N) is 1.